The van der Waals surface area contributed by atoms with Gasteiger partial charge in [0, 0.05) is 31.4 Å². The number of sulfonamides is 1. The molecule has 3 aliphatic heterocycles. The topological polar surface area (TPSA) is 356 Å². The van der Waals surface area contributed by atoms with Crippen LogP contribution in [0.3, 0.4) is 0 Å². The Morgan fingerprint density at radius 3 is 2.04 bits per heavy atom. The molecule has 8 rings (SSSR count). The van der Waals surface area contributed by atoms with Gasteiger partial charge in [0.2, 0.25) is 41.4 Å². The molecule has 9 N–H and O–H groups in total. The molecule has 85 heavy (non-hydrogen) atoms. The Hall–Kier alpha value is -8.75. The van der Waals surface area contributed by atoms with Gasteiger partial charge in [-0.3, -0.25) is 38.6 Å². The zero-order valence-electron chi connectivity index (χ0n) is 49.6. The van der Waals surface area contributed by atoms with Crippen molar-refractivity contribution in [1.29, 1.82) is 0 Å². The summed E-state index contributed by atoms with van der Waals surface area (Å²) in [5.41, 5.74) is 10.2. The summed E-state index contributed by atoms with van der Waals surface area (Å²) in [4.78, 5) is 102. The molecule has 0 spiro atoms. The van der Waals surface area contributed by atoms with E-state index in [1.54, 1.807) is 127 Å². The summed E-state index contributed by atoms with van der Waals surface area (Å²) in [7, 11) is -4.23. The van der Waals surface area contributed by atoms with Crippen molar-refractivity contribution in [1.82, 2.24) is 66.6 Å². The molecule has 27 heteroatoms. The van der Waals surface area contributed by atoms with E-state index in [2.05, 4.69) is 62.2 Å². The van der Waals surface area contributed by atoms with Crippen molar-refractivity contribution < 1.29 is 51.5 Å². The van der Waals surface area contributed by atoms with E-state index in [4.69, 9.17) is 15.2 Å². The van der Waals surface area contributed by atoms with Crippen LogP contribution in [-0.2, 0) is 74.1 Å². The highest BCUT2D eigenvalue weighted by molar-refractivity contribution is 7.90. The molecule has 456 valence electrons. The number of aliphatic imine (C=N–C) groups is 1. The van der Waals surface area contributed by atoms with Crippen LogP contribution in [0, 0.1) is 26.7 Å². The van der Waals surface area contributed by atoms with E-state index in [1.807, 2.05) is 13.8 Å². The van der Waals surface area contributed by atoms with E-state index in [-0.39, 0.29) is 43.7 Å². The van der Waals surface area contributed by atoms with Gasteiger partial charge in [-0.25, -0.2) is 22.5 Å². The maximum absolute atomic E-state index is 14.4. The number of fused-ring (bicyclic) bond motifs is 23. The highest BCUT2D eigenvalue weighted by atomic mass is 32.2. The second-order valence-corrected chi connectivity index (χ2v) is 24.8. The van der Waals surface area contributed by atoms with E-state index in [9.17, 15) is 42.0 Å². The van der Waals surface area contributed by atoms with E-state index >= 15 is 0 Å². The Morgan fingerprint density at radius 1 is 0.776 bits per heavy atom. The molecule has 26 nitrogen and oxygen atoms in total. The maximum atomic E-state index is 14.4. The summed E-state index contributed by atoms with van der Waals surface area (Å²) in [5.74, 6) is -5.53. The number of hydrogen-bond donors (Lipinski definition) is 8. The lowest BCUT2D eigenvalue weighted by Gasteiger charge is -2.27. The standard InChI is InChI=1S/C58H77N15O11S/c1-33(2)49-55(80)61-29-39-32-73(71-68-39)41-23-21-40(22-24-41)72-31-38(67-70-72)18-14-20-46(74)63-43(19-15-25-60-56(59)69-85(81,82)51-35(4)34(3)50-42(36(51)5)28-58(9,10)84-50)52(77)62-30-47(75)64-45(27-48(76)83-57(6,7)8)53(78)65-44(54(79)66-49)26-37-16-12-11-13-17-37/h11-13,16-17,21-24,31-33,43-45,49H,14-15,18-20,25-30H2,1-10H3,(H,61,80)(H,62,77)(H,63,74)(H,64,75)(H,65,78)(H,66,79)(H3,59,60,69)/t43-,44+,45-,49-/m0/s1. The highest BCUT2D eigenvalue weighted by Crippen LogP contribution is 2.43. The van der Waals surface area contributed by atoms with Gasteiger partial charge in [-0.05, 0) is 134 Å². The van der Waals surface area contributed by atoms with E-state index < -0.39 is 112 Å². The number of nitrogens with two attached hydrogens (primary N) is 1. The second kappa shape index (κ2) is 27.3. The van der Waals surface area contributed by atoms with E-state index in [0.717, 1.165) is 5.56 Å². The van der Waals surface area contributed by atoms with Crippen molar-refractivity contribution >= 4 is 57.4 Å². The normalized spacial score (nSPS) is 19.7. The Bertz CT molecular complexity index is 3430. The zero-order chi connectivity index (χ0) is 62.0. The molecule has 2 aromatic heterocycles. The van der Waals surface area contributed by atoms with Crippen molar-refractivity contribution in [2.75, 3.05) is 13.1 Å². The van der Waals surface area contributed by atoms with E-state index in [1.165, 1.54) is 4.68 Å². The number of carbonyl (C=O) groups is 7. The van der Waals surface area contributed by atoms with Crippen molar-refractivity contribution in [3.05, 3.63) is 106 Å². The average molecular weight is 1190 g/mol. The summed E-state index contributed by atoms with van der Waals surface area (Å²) in [5, 5.41) is 33.0. The summed E-state index contributed by atoms with van der Waals surface area (Å²) in [6.07, 6.45) is 3.75. The van der Waals surface area contributed by atoms with Crippen molar-refractivity contribution in [3.63, 3.8) is 0 Å². The number of hydrogen-bond acceptors (Lipinski definition) is 16. The highest BCUT2D eigenvalue weighted by Gasteiger charge is 2.38. The van der Waals surface area contributed by atoms with Gasteiger partial charge in [-0.2, -0.15) is 0 Å². The van der Waals surface area contributed by atoms with Gasteiger partial charge in [-0.1, -0.05) is 54.6 Å². The third-order valence-corrected chi connectivity index (χ3v) is 15.8. The average Bonchev–Trinajstić information content (AvgIpc) is 1.90. The fourth-order valence-electron chi connectivity index (χ4n) is 9.83. The van der Waals surface area contributed by atoms with Crippen LogP contribution < -0.4 is 47.1 Å². The van der Waals surface area contributed by atoms with Gasteiger partial charge in [0.15, 0.2) is 0 Å². The Morgan fingerprint density at radius 2 is 1.39 bits per heavy atom. The summed E-state index contributed by atoms with van der Waals surface area (Å²) in [6.45, 7) is 16.6. The summed E-state index contributed by atoms with van der Waals surface area (Å²) < 4.78 is 44.9. The van der Waals surface area contributed by atoms with Gasteiger partial charge in [0.05, 0.1) is 53.9 Å². The molecule has 5 aromatic rings. The van der Waals surface area contributed by atoms with Crippen LogP contribution >= 0.6 is 0 Å². The molecule has 6 amide bonds. The minimum Gasteiger partial charge on any atom is -0.487 e. The summed E-state index contributed by atoms with van der Waals surface area (Å²) >= 11 is 0. The third kappa shape index (κ3) is 17.4. The van der Waals surface area contributed by atoms with Crippen LogP contribution in [-0.4, -0.2) is 134 Å². The largest absolute Gasteiger partial charge is 0.487 e. The second-order valence-electron chi connectivity index (χ2n) is 23.2. The van der Waals surface area contributed by atoms with E-state index in [0.29, 0.717) is 70.0 Å². The van der Waals surface area contributed by atoms with Crippen LogP contribution in [0.5, 0.6) is 5.75 Å². The van der Waals surface area contributed by atoms with Gasteiger partial charge in [0.25, 0.3) is 10.0 Å². The molecular formula is C58H77N15O11S. The number of amides is 6. The van der Waals surface area contributed by atoms with Gasteiger partial charge >= 0.3 is 5.97 Å². The quantitative estimate of drug-likeness (QED) is 0.0309. The molecular weight excluding hydrogens is 1110 g/mol. The van der Waals surface area contributed by atoms with Crippen molar-refractivity contribution in [2.24, 2.45) is 16.6 Å². The third-order valence-electron chi connectivity index (χ3n) is 14.2. The number of aryl methyl sites for hydroxylation is 1. The Labute approximate surface area is 494 Å². The van der Waals surface area contributed by atoms with Crippen LogP contribution in [0.1, 0.15) is 120 Å². The lowest BCUT2D eigenvalue weighted by Crippen LogP contribution is -2.59. The SMILES string of the molecule is Cc1c(C)c(S(=O)(=O)NC(N)=NCCC[C@@H]2NC(=O)CCCc3cn(nn3)-c3ccc(cc3)-n3cc(nn3)CNC(=O)[C@H](C(C)C)NC(=O)[C@@H](Cc3ccccc3)NC(=O)[C@H](CC(=O)OC(C)(C)C)NC(=O)CNC2=O)c(C)c2c1OC(C)(C)C2. The lowest BCUT2D eigenvalue weighted by atomic mass is 9.94. The molecule has 3 aliphatic rings. The molecule has 0 fully saturated rings. The smallest absolute Gasteiger partial charge is 0.308 e. The minimum atomic E-state index is -4.23. The first-order chi connectivity index (χ1) is 40.1. The number of benzene rings is 3. The monoisotopic (exact) mass is 1190 g/mol. The predicted octanol–water partition coefficient (Wildman–Crippen LogP) is 2.20. The van der Waals surface area contributed by atoms with Crippen LogP contribution in [0.2, 0.25) is 0 Å². The van der Waals surface area contributed by atoms with Gasteiger partial charge in [0.1, 0.15) is 46.8 Å². The molecule has 0 unspecified atom stereocenters. The molecule has 5 heterocycles. The zero-order valence-corrected chi connectivity index (χ0v) is 50.4. The Kier molecular flexibility index (Phi) is 20.5. The molecule has 0 saturated carbocycles. The number of esters is 1. The number of nitrogens with zero attached hydrogens (tertiary/aromatic N) is 7. The van der Waals surface area contributed by atoms with Crippen LogP contribution in [0.4, 0.5) is 0 Å². The first kappa shape index (κ1) is 63.8. The predicted molar refractivity (Wildman–Crippen MR) is 312 cm³/mol. The van der Waals surface area contributed by atoms with Crippen LogP contribution in [0.25, 0.3) is 11.4 Å². The van der Waals surface area contributed by atoms with Gasteiger partial charge < -0.3 is 47.1 Å². The molecule has 4 atom stereocenters. The Balaban J connectivity index is 1.12. The molecule has 6 bridgehead atoms. The maximum Gasteiger partial charge on any atom is 0.308 e. The molecule has 3 aromatic carbocycles. The number of carbonyl (C=O) groups excluding carboxylic acids is 7. The number of aromatic nitrogens is 6. The van der Waals surface area contributed by atoms with Crippen molar-refractivity contribution in [2.45, 2.75) is 167 Å². The number of ether oxygens (including phenoxy) is 2. The number of guanidine groups is 1. The number of nitrogens with one attached hydrogen (secondary N) is 7. The molecule has 0 radical (unpaired) electrons. The number of rotatable bonds is 11. The van der Waals surface area contributed by atoms with Gasteiger partial charge in [-0.15, -0.1) is 10.2 Å². The first-order valence-electron chi connectivity index (χ1n) is 28.1. The van der Waals surface area contributed by atoms with Crippen LogP contribution in [0.15, 0.2) is 76.9 Å². The summed E-state index contributed by atoms with van der Waals surface area (Å²) in [6, 6.07) is 10.6. The minimum absolute atomic E-state index is 0.0397. The molecule has 0 saturated heterocycles. The molecule has 0 aliphatic carbocycles. The first-order valence-corrected chi connectivity index (χ1v) is 29.6. The fourth-order valence-corrected chi connectivity index (χ4v) is 11.4. The fraction of sp³-hybridized carbons (Fsp3) is 0.483. The lowest BCUT2D eigenvalue weighted by molar-refractivity contribution is -0.156. The van der Waals surface area contributed by atoms with Crippen molar-refractivity contribution in [3.8, 4) is 17.1 Å².